The van der Waals surface area contributed by atoms with Crippen molar-refractivity contribution in [3.63, 3.8) is 0 Å². The molecule has 0 saturated heterocycles. The number of sulfone groups is 1. The number of esters is 1. The van der Waals surface area contributed by atoms with E-state index in [4.69, 9.17) is 4.74 Å². The van der Waals surface area contributed by atoms with Gasteiger partial charge in [0, 0.05) is 17.8 Å². The second-order valence-electron chi connectivity index (χ2n) is 5.86. The van der Waals surface area contributed by atoms with Crippen molar-refractivity contribution < 1.29 is 17.9 Å². The number of thioether (sulfide) groups is 1. The summed E-state index contributed by atoms with van der Waals surface area (Å²) in [5, 5.41) is 4.83. The summed E-state index contributed by atoms with van der Waals surface area (Å²) in [6, 6.07) is 10.0. The molecular formula is C18H19N3O4S2. The molecule has 2 aromatic heterocycles. The van der Waals surface area contributed by atoms with Crippen LogP contribution in [0.4, 0.5) is 0 Å². The largest absolute Gasteiger partial charge is 0.469 e. The molecule has 0 unspecified atom stereocenters. The van der Waals surface area contributed by atoms with Gasteiger partial charge in [-0.05, 0) is 31.4 Å². The van der Waals surface area contributed by atoms with E-state index in [-0.39, 0.29) is 27.8 Å². The molecule has 0 saturated carbocycles. The highest BCUT2D eigenvalue weighted by molar-refractivity contribution is 7.99. The Kier molecular flexibility index (Phi) is 5.52. The van der Waals surface area contributed by atoms with Gasteiger partial charge >= 0.3 is 5.97 Å². The summed E-state index contributed by atoms with van der Waals surface area (Å²) >= 11 is 1.24. The molecule has 142 valence electrons. The van der Waals surface area contributed by atoms with Crippen LogP contribution in [0, 0.1) is 6.92 Å². The van der Waals surface area contributed by atoms with Crippen molar-refractivity contribution in [1.29, 1.82) is 0 Å². The Hall–Kier alpha value is -2.39. The summed E-state index contributed by atoms with van der Waals surface area (Å²) in [4.78, 5) is 16.2. The molecule has 0 spiro atoms. The first kappa shape index (κ1) is 19.4. The predicted octanol–water partition coefficient (Wildman–Crippen LogP) is 2.70. The molecule has 0 amide bonds. The van der Waals surface area contributed by atoms with Crippen molar-refractivity contribution in [3.05, 3.63) is 47.8 Å². The summed E-state index contributed by atoms with van der Waals surface area (Å²) in [5.41, 5.74) is 1.62. The van der Waals surface area contributed by atoms with Crippen molar-refractivity contribution >= 4 is 33.2 Å². The minimum atomic E-state index is -3.79. The van der Waals surface area contributed by atoms with Gasteiger partial charge in [-0.1, -0.05) is 18.2 Å². The Labute approximate surface area is 161 Å². The van der Waals surface area contributed by atoms with E-state index in [0.29, 0.717) is 22.8 Å². The second kappa shape index (κ2) is 7.69. The molecule has 7 nitrogen and oxygen atoms in total. The van der Waals surface area contributed by atoms with Gasteiger partial charge in [0.2, 0.25) is 9.84 Å². The van der Waals surface area contributed by atoms with Gasteiger partial charge in [0.1, 0.15) is 5.03 Å². The standard InChI is InChI=1S/C18H19N3O4S2/c1-12-11-13(9-10-15(22)25-2)21-17(19-12)16(18(20-21)26-3)27(23,24)14-7-5-4-6-8-14/h4-8,11H,9-10H2,1-3H3. The summed E-state index contributed by atoms with van der Waals surface area (Å²) in [6.07, 6.45) is 2.31. The Morgan fingerprint density at radius 1 is 1.26 bits per heavy atom. The number of ether oxygens (including phenoxy) is 1. The molecule has 0 aliphatic rings. The Bertz CT molecular complexity index is 1090. The molecule has 0 N–H and O–H groups in total. The zero-order chi connectivity index (χ0) is 19.6. The smallest absolute Gasteiger partial charge is 0.305 e. The molecule has 2 heterocycles. The lowest BCUT2D eigenvalue weighted by Crippen LogP contribution is -2.08. The van der Waals surface area contributed by atoms with E-state index in [1.54, 1.807) is 49.6 Å². The van der Waals surface area contributed by atoms with Crippen molar-refractivity contribution in [1.82, 2.24) is 14.6 Å². The van der Waals surface area contributed by atoms with E-state index in [0.717, 1.165) is 0 Å². The van der Waals surface area contributed by atoms with Crippen LogP contribution in [0.1, 0.15) is 17.8 Å². The summed E-state index contributed by atoms with van der Waals surface area (Å²) in [5.74, 6) is -0.341. The number of aromatic nitrogens is 3. The molecular weight excluding hydrogens is 386 g/mol. The fraction of sp³-hybridized carbons (Fsp3) is 0.278. The van der Waals surface area contributed by atoms with Crippen LogP contribution in [-0.4, -0.2) is 42.4 Å². The van der Waals surface area contributed by atoms with Gasteiger partial charge in [-0.15, -0.1) is 11.8 Å². The lowest BCUT2D eigenvalue weighted by Gasteiger charge is -2.07. The lowest BCUT2D eigenvalue weighted by molar-refractivity contribution is -0.140. The van der Waals surface area contributed by atoms with Crippen LogP contribution in [0.25, 0.3) is 5.65 Å². The SMILES string of the molecule is COC(=O)CCc1cc(C)nc2c(S(=O)(=O)c3ccccc3)c(SC)nn12. The molecule has 0 radical (unpaired) electrons. The van der Waals surface area contributed by atoms with E-state index < -0.39 is 9.84 Å². The lowest BCUT2D eigenvalue weighted by atomic mass is 10.2. The molecule has 9 heteroatoms. The van der Waals surface area contributed by atoms with Crippen molar-refractivity contribution in [3.8, 4) is 0 Å². The van der Waals surface area contributed by atoms with Crippen LogP contribution in [0.2, 0.25) is 0 Å². The maximum Gasteiger partial charge on any atom is 0.305 e. The molecule has 0 atom stereocenters. The first-order valence-corrected chi connectivity index (χ1v) is 10.9. The van der Waals surface area contributed by atoms with E-state index in [1.165, 1.54) is 23.4 Å². The number of benzene rings is 1. The van der Waals surface area contributed by atoms with Crippen molar-refractivity contribution in [2.24, 2.45) is 0 Å². The van der Waals surface area contributed by atoms with Gasteiger partial charge < -0.3 is 4.74 Å². The summed E-state index contributed by atoms with van der Waals surface area (Å²) < 4.78 is 32.7. The van der Waals surface area contributed by atoms with Crippen LogP contribution in [0.5, 0.6) is 0 Å². The first-order valence-electron chi connectivity index (χ1n) is 8.18. The molecule has 3 rings (SSSR count). The maximum absolute atomic E-state index is 13.2. The normalized spacial score (nSPS) is 11.7. The number of carbonyl (C=O) groups is 1. The average molecular weight is 406 g/mol. The molecule has 0 bridgehead atoms. The monoisotopic (exact) mass is 405 g/mol. The number of fused-ring (bicyclic) bond motifs is 1. The number of methoxy groups -OCH3 is 1. The molecule has 3 aromatic rings. The zero-order valence-corrected chi connectivity index (χ0v) is 16.8. The van der Waals surface area contributed by atoms with Gasteiger partial charge in [-0.3, -0.25) is 4.79 Å². The number of hydrogen-bond donors (Lipinski definition) is 0. The third-order valence-electron chi connectivity index (χ3n) is 4.05. The van der Waals surface area contributed by atoms with Crippen LogP contribution >= 0.6 is 11.8 Å². The third-order valence-corrected chi connectivity index (χ3v) is 6.65. The van der Waals surface area contributed by atoms with E-state index in [2.05, 4.69) is 10.1 Å². The Balaban J connectivity index is 2.22. The van der Waals surface area contributed by atoms with Gasteiger partial charge in [0.05, 0.1) is 18.4 Å². The maximum atomic E-state index is 13.2. The molecule has 27 heavy (non-hydrogen) atoms. The Morgan fingerprint density at radius 2 is 1.96 bits per heavy atom. The van der Waals surface area contributed by atoms with Gasteiger partial charge in [0.15, 0.2) is 10.5 Å². The third kappa shape index (κ3) is 3.70. The average Bonchev–Trinajstić information content (AvgIpc) is 3.05. The van der Waals surface area contributed by atoms with E-state index in [1.807, 2.05) is 0 Å². The van der Waals surface area contributed by atoms with Crippen LogP contribution in [0.3, 0.4) is 0 Å². The van der Waals surface area contributed by atoms with E-state index >= 15 is 0 Å². The predicted molar refractivity (Wildman–Crippen MR) is 102 cm³/mol. The first-order chi connectivity index (χ1) is 12.9. The highest BCUT2D eigenvalue weighted by Crippen LogP contribution is 2.32. The van der Waals surface area contributed by atoms with Gasteiger partial charge in [-0.2, -0.15) is 5.10 Å². The Morgan fingerprint density at radius 3 is 2.59 bits per heavy atom. The quantitative estimate of drug-likeness (QED) is 0.460. The van der Waals surface area contributed by atoms with Gasteiger partial charge in [-0.25, -0.2) is 17.9 Å². The van der Waals surface area contributed by atoms with E-state index in [9.17, 15) is 13.2 Å². The summed E-state index contributed by atoms with van der Waals surface area (Å²) in [6.45, 7) is 1.78. The number of rotatable bonds is 6. The zero-order valence-electron chi connectivity index (χ0n) is 15.2. The van der Waals surface area contributed by atoms with Crippen molar-refractivity contribution in [2.75, 3.05) is 13.4 Å². The topological polar surface area (TPSA) is 90.6 Å². The highest BCUT2D eigenvalue weighted by atomic mass is 32.2. The summed E-state index contributed by atoms with van der Waals surface area (Å²) in [7, 11) is -2.46. The molecule has 1 aromatic carbocycles. The number of hydrogen-bond acceptors (Lipinski definition) is 7. The molecule has 0 aliphatic heterocycles. The minimum absolute atomic E-state index is 0.0872. The molecule has 0 fully saturated rings. The number of carbonyl (C=O) groups excluding carboxylic acids is 1. The fourth-order valence-corrected chi connectivity index (χ4v) is 5.19. The van der Waals surface area contributed by atoms with Gasteiger partial charge in [0.25, 0.3) is 0 Å². The fourth-order valence-electron chi connectivity index (χ4n) is 2.77. The number of nitrogens with zero attached hydrogens (tertiary/aromatic N) is 3. The molecule has 0 aliphatic carbocycles. The second-order valence-corrected chi connectivity index (χ2v) is 8.54. The van der Waals surface area contributed by atoms with Crippen LogP contribution < -0.4 is 0 Å². The minimum Gasteiger partial charge on any atom is -0.469 e. The number of aryl methyl sites for hydroxylation is 2. The van der Waals surface area contributed by atoms with Crippen LogP contribution in [0.15, 0.2) is 51.2 Å². The van der Waals surface area contributed by atoms with Crippen molar-refractivity contribution in [2.45, 2.75) is 34.6 Å². The van der Waals surface area contributed by atoms with Crippen LogP contribution in [-0.2, 0) is 25.8 Å². The highest BCUT2D eigenvalue weighted by Gasteiger charge is 2.29.